The number of hydrogen-bond donors (Lipinski definition) is 1. The van der Waals surface area contributed by atoms with E-state index in [1.54, 1.807) is 70.6 Å². The number of ether oxygens (including phenoxy) is 1. The Morgan fingerprint density at radius 3 is 2.28 bits per heavy atom. The van der Waals surface area contributed by atoms with Crippen LogP contribution >= 0.6 is 0 Å². The zero-order valence-corrected chi connectivity index (χ0v) is 28.8. The Balaban J connectivity index is 1.77. The molecule has 0 bridgehead atoms. The zero-order valence-electron chi connectivity index (χ0n) is 28.0. The van der Waals surface area contributed by atoms with E-state index in [4.69, 9.17) is 9.72 Å². The van der Waals surface area contributed by atoms with Gasteiger partial charge in [-0.1, -0.05) is 12.1 Å². The van der Waals surface area contributed by atoms with Crippen molar-refractivity contribution in [1.82, 2.24) is 24.1 Å². The first-order valence-electron chi connectivity index (χ1n) is 15.3. The minimum Gasteiger partial charge on any atom is -0.458 e. The lowest BCUT2D eigenvalue weighted by molar-refractivity contribution is -0.155. The Morgan fingerprint density at radius 2 is 1.72 bits per heavy atom. The highest BCUT2D eigenvalue weighted by Gasteiger charge is 2.31. The van der Waals surface area contributed by atoms with Gasteiger partial charge in [-0.25, -0.2) is 32.5 Å². The maximum absolute atomic E-state index is 13.7. The van der Waals surface area contributed by atoms with Gasteiger partial charge in [-0.2, -0.15) is 4.98 Å². The molecular formula is C32H44N8O5S. The van der Waals surface area contributed by atoms with Gasteiger partial charge < -0.3 is 15.0 Å². The van der Waals surface area contributed by atoms with Crippen LogP contribution in [0.25, 0.3) is 16.9 Å². The first kappa shape index (κ1) is 34.4. The largest absolute Gasteiger partial charge is 0.458 e. The Kier molecular flexibility index (Phi) is 10.1. The van der Waals surface area contributed by atoms with E-state index in [0.717, 1.165) is 11.8 Å². The third-order valence-electron chi connectivity index (χ3n) is 7.32. The van der Waals surface area contributed by atoms with Gasteiger partial charge in [-0.15, -0.1) is 0 Å². The van der Waals surface area contributed by atoms with Crippen LogP contribution in [0.15, 0.2) is 53.6 Å². The van der Waals surface area contributed by atoms with E-state index in [1.807, 2.05) is 36.9 Å². The highest BCUT2D eigenvalue weighted by atomic mass is 32.2. The quantitative estimate of drug-likeness (QED) is 0.224. The molecule has 0 amide bonds. The van der Waals surface area contributed by atoms with Crippen molar-refractivity contribution in [1.29, 1.82) is 0 Å². The fourth-order valence-electron chi connectivity index (χ4n) is 5.28. The van der Waals surface area contributed by atoms with E-state index >= 15 is 0 Å². The van der Waals surface area contributed by atoms with Crippen LogP contribution in [0.2, 0.25) is 0 Å². The van der Waals surface area contributed by atoms with Gasteiger partial charge >= 0.3 is 11.7 Å². The number of carbonyl (C=O) groups is 1. The molecule has 0 saturated carbocycles. The van der Waals surface area contributed by atoms with Gasteiger partial charge in [-0.05, 0) is 78.3 Å². The van der Waals surface area contributed by atoms with Crippen molar-refractivity contribution in [2.24, 2.45) is 7.05 Å². The zero-order chi connectivity index (χ0) is 34.0. The topological polar surface area (TPSA) is 145 Å². The third kappa shape index (κ3) is 7.49. The normalized spacial score (nSPS) is 12.7. The molecule has 1 unspecified atom stereocenters. The SMILES string of the molecule is CCN(CC)c1ncc(N(C(C)C)S(C)(=O)=O)c(NC(Cc2ccc(-n3c(=O)n(C)c4cccnc43)cc2)C(=O)OC(C)(C)C)n1. The number of anilines is 3. The van der Waals surface area contributed by atoms with Crippen LogP contribution in [0, 0.1) is 0 Å². The van der Waals surface area contributed by atoms with Gasteiger partial charge in [0.15, 0.2) is 11.5 Å². The van der Waals surface area contributed by atoms with Crippen molar-refractivity contribution in [2.45, 2.75) is 72.6 Å². The summed E-state index contributed by atoms with van der Waals surface area (Å²) in [6.45, 7) is 14.1. The molecule has 0 saturated heterocycles. The van der Waals surface area contributed by atoms with Crippen molar-refractivity contribution < 1.29 is 17.9 Å². The van der Waals surface area contributed by atoms with Crippen LogP contribution in [-0.4, -0.2) is 75.5 Å². The predicted molar refractivity (Wildman–Crippen MR) is 181 cm³/mol. The predicted octanol–water partition coefficient (Wildman–Crippen LogP) is 3.90. The van der Waals surface area contributed by atoms with Crippen LogP contribution in [-0.2, 0) is 33.0 Å². The average molecular weight is 653 g/mol. The van der Waals surface area contributed by atoms with Crippen LogP contribution in [0.4, 0.5) is 17.5 Å². The molecule has 13 nitrogen and oxygen atoms in total. The van der Waals surface area contributed by atoms with E-state index in [0.29, 0.717) is 35.9 Å². The van der Waals surface area contributed by atoms with Gasteiger partial charge in [0.05, 0.1) is 23.7 Å². The molecule has 3 heterocycles. The number of imidazole rings is 1. The summed E-state index contributed by atoms with van der Waals surface area (Å²) in [5.74, 6) is 0.0576. The lowest BCUT2D eigenvalue weighted by Crippen LogP contribution is -2.40. The molecule has 4 rings (SSSR count). The number of rotatable bonds is 12. The van der Waals surface area contributed by atoms with Crippen molar-refractivity contribution in [3.8, 4) is 5.69 Å². The van der Waals surface area contributed by atoms with Crippen LogP contribution in [0.3, 0.4) is 0 Å². The Labute approximate surface area is 270 Å². The maximum atomic E-state index is 13.7. The molecule has 46 heavy (non-hydrogen) atoms. The van der Waals surface area contributed by atoms with E-state index in [1.165, 1.54) is 15.1 Å². The fraction of sp³-hybridized carbons (Fsp3) is 0.469. The van der Waals surface area contributed by atoms with Gasteiger partial charge in [0, 0.05) is 38.8 Å². The lowest BCUT2D eigenvalue weighted by Gasteiger charge is -2.30. The van der Waals surface area contributed by atoms with E-state index < -0.39 is 33.7 Å². The Morgan fingerprint density at radius 1 is 1.07 bits per heavy atom. The van der Waals surface area contributed by atoms with E-state index in [2.05, 4.69) is 15.3 Å². The summed E-state index contributed by atoms with van der Waals surface area (Å²) in [6.07, 6.45) is 4.42. The first-order valence-corrected chi connectivity index (χ1v) is 17.1. The Hall–Kier alpha value is -4.46. The first-order chi connectivity index (χ1) is 21.6. The molecule has 248 valence electrons. The lowest BCUT2D eigenvalue weighted by atomic mass is 10.0. The van der Waals surface area contributed by atoms with E-state index in [9.17, 15) is 18.0 Å². The summed E-state index contributed by atoms with van der Waals surface area (Å²) in [5.41, 5.74) is 1.87. The number of pyridine rings is 1. The summed E-state index contributed by atoms with van der Waals surface area (Å²) in [6, 6.07) is 9.50. The van der Waals surface area contributed by atoms with E-state index in [-0.39, 0.29) is 23.6 Å². The summed E-state index contributed by atoms with van der Waals surface area (Å²) in [4.78, 5) is 42.3. The smallest absolute Gasteiger partial charge is 0.334 e. The Bertz CT molecular complexity index is 1860. The second kappa shape index (κ2) is 13.5. The highest BCUT2D eigenvalue weighted by Crippen LogP contribution is 2.31. The third-order valence-corrected chi connectivity index (χ3v) is 8.65. The van der Waals surface area contributed by atoms with Crippen molar-refractivity contribution in [2.75, 3.05) is 33.9 Å². The van der Waals surface area contributed by atoms with Crippen LogP contribution < -0.4 is 20.2 Å². The number of aromatic nitrogens is 5. The maximum Gasteiger partial charge on any atom is 0.334 e. The summed E-state index contributed by atoms with van der Waals surface area (Å²) in [5, 5.41) is 3.23. The number of fused-ring (bicyclic) bond motifs is 1. The van der Waals surface area contributed by atoms with Crippen LogP contribution in [0.1, 0.15) is 54.0 Å². The number of sulfonamides is 1. The molecule has 1 atom stereocenters. The number of esters is 1. The fourth-order valence-corrected chi connectivity index (χ4v) is 6.54. The molecule has 0 aliphatic heterocycles. The molecule has 1 N–H and O–H groups in total. The molecule has 1 aromatic carbocycles. The average Bonchev–Trinajstić information content (AvgIpc) is 3.22. The van der Waals surface area contributed by atoms with Crippen molar-refractivity contribution in [3.05, 3.63) is 64.8 Å². The standard InChI is InChI=1S/C32H44N8O5S/c1-10-38(11-2)30-34-20-26(40(21(3)4)46(9,43)44)27(36-30)35-24(29(41)45-32(5,6)7)19-22-14-16-23(17-15-22)39-28-25(13-12-18-33-28)37(8)31(39)42/h12-18,20-21,24H,10-11,19H2,1-9H3,(H,34,35,36). The summed E-state index contributed by atoms with van der Waals surface area (Å²) >= 11 is 0. The number of carbonyl (C=O) groups excluding carboxylic acids is 1. The van der Waals surface area contributed by atoms with Crippen molar-refractivity contribution >= 4 is 44.6 Å². The molecular weight excluding hydrogens is 608 g/mol. The molecule has 3 aromatic heterocycles. The number of nitrogens with zero attached hydrogens (tertiary/aromatic N) is 7. The van der Waals surface area contributed by atoms with Gasteiger partial charge in [0.25, 0.3) is 0 Å². The molecule has 14 heteroatoms. The molecule has 0 aliphatic rings. The second-order valence-electron chi connectivity index (χ2n) is 12.4. The van der Waals surface area contributed by atoms with Gasteiger partial charge in [0.1, 0.15) is 17.3 Å². The highest BCUT2D eigenvalue weighted by molar-refractivity contribution is 7.92. The van der Waals surface area contributed by atoms with Gasteiger partial charge in [0.2, 0.25) is 16.0 Å². The monoisotopic (exact) mass is 652 g/mol. The summed E-state index contributed by atoms with van der Waals surface area (Å²) in [7, 11) is -2.03. The minimum atomic E-state index is -3.73. The molecule has 0 aliphatic carbocycles. The van der Waals surface area contributed by atoms with Crippen LogP contribution in [0.5, 0.6) is 0 Å². The molecule has 0 radical (unpaired) electrons. The number of aryl methyl sites for hydroxylation is 1. The minimum absolute atomic E-state index is 0.183. The molecule has 4 aromatic rings. The number of nitrogens with one attached hydrogen (secondary N) is 1. The molecule has 0 fully saturated rings. The second-order valence-corrected chi connectivity index (χ2v) is 14.2. The van der Waals surface area contributed by atoms with Gasteiger partial charge in [-0.3, -0.25) is 8.87 Å². The summed E-state index contributed by atoms with van der Waals surface area (Å²) < 4.78 is 36.0. The molecule has 0 spiro atoms. The van der Waals surface area contributed by atoms with Crippen molar-refractivity contribution in [3.63, 3.8) is 0 Å². The number of hydrogen-bond acceptors (Lipinski definition) is 10. The number of benzene rings is 1.